The Kier molecular flexibility index (Phi) is 5.40. The minimum absolute atomic E-state index is 0.204. The van der Waals surface area contributed by atoms with Crippen molar-refractivity contribution in [3.05, 3.63) is 12.2 Å². The first-order valence-corrected chi connectivity index (χ1v) is 6.10. The van der Waals surface area contributed by atoms with Gasteiger partial charge in [0.05, 0.1) is 6.26 Å². The van der Waals surface area contributed by atoms with Gasteiger partial charge in [-0.3, -0.25) is 4.79 Å². The molecule has 0 heterocycles. The Morgan fingerprint density at radius 2 is 1.93 bits per heavy atom. The van der Waals surface area contributed by atoms with Gasteiger partial charge in [-0.05, 0) is 13.3 Å². The molecular weight excluding hydrogens is 204 g/mol. The molecule has 0 fully saturated rings. The molecule has 1 amide bonds. The number of carbonyl (C=O) groups excluding carboxylic acids is 1. The molecule has 0 aliphatic heterocycles. The van der Waals surface area contributed by atoms with Crippen molar-refractivity contribution in [2.75, 3.05) is 19.3 Å². The van der Waals surface area contributed by atoms with Crippen molar-refractivity contribution in [2.24, 2.45) is 0 Å². The quantitative estimate of drug-likeness (QED) is 0.473. The fourth-order valence-electron chi connectivity index (χ4n) is 0.699. The Balaban J connectivity index is 3.49. The van der Waals surface area contributed by atoms with E-state index < -0.39 is 10.0 Å². The summed E-state index contributed by atoms with van der Waals surface area (Å²) in [5, 5.41) is 2.60. The monoisotopic (exact) mass is 220 g/mol. The van der Waals surface area contributed by atoms with E-state index in [2.05, 4.69) is 16.6 Å². The first kappa shape index (κ1) is 13.1. The fourth-order valence-corrected chi connectivity index (χ4v) is 1.21. The molecule has 0 aromatic carbocycles. The van der Waals surface area contributed by atoms with E-state index in [1.54, 1.807) is 6.92 Å². The van der Waals surface area contributed by atoms with Gasteiger partial charge in [-0.25, -0.2) is 13.1 Å². The Morgan fingerprint density at radius 3 is 2.36 bits per heavy atom. The Hall–Kier alpha value is -0.880. The smallest absolute Gasteiger partial charge is 0.246 e. The predicted octanol–water partition coefficient (Wildman–Crippen LogP) is -0.382. The Labute approximate surface area is 84.6 Å². The average molecular weight is 220 g/mol. The predicted molar refractivity (Wildman–Crippen MR) is 55.3 cm³/mol. The van der Waals surface area contributed by atoms with Crippen LogP contribution in [0.2, 0.25) is 0 Å². The summed E-state index contributed by atoms with van der Waals surface area (Å²) in [4.78, 5) is 11.0. The number of carbonyl (C=O) groups is 1. The summed E-state index contributed by atoms with van der Waals surface area (Å²) in [6.07, 6.45) is 1.66. The van der Waals surface area contributed by atoms with Crippen LogP contribution in [0, 0.1) is 0 Å². The maximum Gasteiger partial charge on any atom is 0.246 e. The van der Waals surface area contributed by atoms with E-state index in [9.17, 15) is 13.2 Å². The van der Waals surface area contributed by atoms with Gasteiger partial charge in [0.15, 0.2) is 0 Å². The third kappa shape index (κ3) is 7.75. The second kappa shape index (κ2) is 5.77. The van der Waals surface area contributed by atoms with E-state index in [1.807, 2.05) is 0 Å². The van der Waals surface area contributed by atoms with Gasteiger partial charge in [-0.2, -0.15) is 0 Å². The molecule has 0 atom stereocenters. The third-order valence-corrected chi connectivity index (χ3v) is 2.12. The molecule has 14 heavy (non-hydrogen) atoms. The van der Waals surface area contributed by atoms with E-state index in [1.165, 1.54) is 0 Å². The molecule has 5 nitrogen and oxygen atoms in total. The first-order chi connectivity index (χ1) is 6.33. The lowest BCUT2D eigenvalue weighted by molar-refractivity contribution is -0.117. The van der Waals surface area contributed by atoms with Crippen LogP contribution in [-0.4, -0.2) is 33.7 Å². The van der Waals surface area contributed by atoms with Crippen LogP contribution in [0.1, 0.15) is 13.3 Å². The number of hydrogen-bond donors (Lipinski definition) is 2. The molecule has 0 spiro atoms. The summed E-state index contributed by atoms with van der Waals surface area (Å²) in [7, 11) is -3.12. The Morgan fingerprint density at radius 1 is 1.36 bits per heavy atom. The summed E-state index contributed by atoms with van der Waals surface area (Å²) in [5.41, 5.74) is 0.445. The highest BCUT2D eigenvalue weighted by Gasteiger charge is 2.01. The molecule has 82 valence electrons. The van der Waals surface area contributed by atoms with Gasteiger partial charge in [0, 0.05) is 18.7 Å². The summed E-state index contributed by atoms with van der Waals surface area (Å²) < 4.78 is 23.6. The normalized spacial score (nSPS) is 11.0. The second-order valence-corrected chi connectivity index (χ2v) is 4.89. The number of hydrogen-bond acceptors (Lipinski definition) is 3. The molecule has 0 aromatic rings. The lowest BCUT2D eigenvalue weighted by Gasteiger charge is -2.04. The highest BCUT2D eigenvalue weighted by atomic mass is 32.2. The average Bonchev–Trinajstić information content (AvgIpc) is 2.01. The molecule has 0 rings (SSSR count). The number of amides is 1. The molecule has 0 unspecified atom stereocenters. The van der Waals surface area contributed by atoms with Crippen molar-refractivity contribution >= 4 is 15.9 Å². The van der Waals surface area contributed by atoms with E-state index >= 15 is 0 Å². The van der Waals surface area contributed by atoms with Crippen molar-refractivity contribution in [3.63, 3.8) is 0 Å². The molecule has 0 bridgehead atoms. The Bertz CT molecular complexity index is 309. The maximum absolute atomic E-state index is 11.0. The molecule has 0 radical (unpaired) electrons. The lowest BCUT2D eigenvalue weighted by Crippen LogP contribution is -2.29. The zero-order chi connectivity index (χ0) is 11.2. The van der Waals surface area contributed by atoms with Crippen LogP contribution in [0.15, 0.2) is 12.2 Å². The number of rotatable bonds is 6. The van der Waals surface area contributed by atoms with E-state index in [4.69, 9.17) is 0 Å². The lowest BCUT2D eigenvalue weighted by atomic mass is 10.3. The van der Waals surface area contributed by atoms with E-state index in [-0.39, 0.29) is 5.91 Å². The van der Waals surface area contributed by atoms with Crippen molar-refractivity contribution < 1.29 is 13.2 Å². The summed E-state index contributed by atoms with van der Waals surface area (Å²) >= 11 is 0. The molecule has 0 saturated carbocycles. The van der Waals surface area contributed by atoms with Gasteiger partial charge >= 0.3 is 0 Å². The molecule has 0 aliphatic rings. The maximum atomic E-state index is 11.0. The SMILES string of the molecule is C=C(C)C(=O)NCCCNS(C)(=O)=O. The largest absolute Gasteiger partial charge is 0.352 e. The highest BCUT2D eigenvalue weighted by Crippen LogP contribution is 1.85. The van der Waals surface area contributed by atoms with Crippen LogP contribution in [-0.2, 0) is 14.8 Å². The summed E-state index contributed by atoms with van der Waals surface area (Å²) in [6, 6.07) is 0. The van der Waals surface area contributed by atoms with Crippen molar-refractivity contribution in [2.45, 2.75) is 13.3 Å². The highest BCUT2D eigenvalue weighted by molar-refractivity contribution is 7.88. The molecule has 0 aromatic heterocycles. The van der Waals surface area contributed by atoms with Gasteiger partial charge < -0.3 is 5.32 Å². The van der Waals surface area contributed by atoms with Gasteiger partial charge in [0.2, 0.25) is 15.9 Å². The van der Waals surface area contributed by atoms with Gasteiger partial charge in [0.1, 0.15) is 0 Å². The second-order valence-electron chi connectivity index (χ2n) is 3.06. The van der Waals surface area contributed by atoms with Gasteiger partial charge in [-0.1, -0.05) is 6.58 Å². The van der Waals surface area contributed by atoms with Crippen LogP contribution >= 0.6 is 0 Å². The summed E-state index contributed by atoms with van der Waals surface area (Å²) in [5.74, 6) is -0.204. The third-order valence-electron chi connectivity index (χ3n) is 1.39. The van der Waals surface area contributed by atoms with E-state index in [0.29, 0.717) is 25.1 Å². The molecular formula is C8H16N2O3S. The van der Waals surface area contributed by atoms with Crippen LogP contribution < -0.4 is 10.0 Å². The van der Waals surface area contributed by atoms with Crippen LogP contribution in [0.5, 0.6) is 0 Å². The molecule has 0 aliphatic carbocycles. The van der Waals surface area contributed by atoms with Crippen LogP contribution in [0.3, 0.4) is 0 Å². The number of sulfonamides is 1. The van der Waals surface area contributed by atoms with Crippen LogP contribution in [0.25, 0.3) is 0 Å². The minimum Gasteiger partial charge on any atom is -0.352 e. The fraction of sp³-hybridized carbons (Fsp3) is 0.625. The molecule has 2 N–H and O–H groups in total. The van der Waals surface area contributed by atoms with Crippen molar-refractivity contribution in [1.29, 1.82) is 0 Å². The van der Waals surface area contributed by atoms with E-state index in [0.717, 1.165) is 6.26 Å². The van der Waals surface area contributed by atoms with Crippen LogP contribution in [0.4, 0.5) is 0 Å². The van der Waals surface area contributed by atoms with Gasteiger partial charge in [0.25, 0.3) is 0 Å². The zero-order valence-corrected chi connectivity index (χ0v) is 9.28. The van der Waals surface area contributed by atoms with Crippen molar-refractivity contribution in [1.82, 2.24) is 10.0 Å². The topological polar surface area (TPSA) is 75.3 Å². The summed E-state index contributed by atoms with van der Waals surface area (Å²) in [6.45, 7) is 5.85. The zero-order valence-electron chi connectivity index (χ0n) is 8.46. The standard InChI is InChI=1S/C8H16N2O3S/c1-7(2)8(11)9-5-4-6-10-14(3,12)13/h10H,1,4-6H2,2-3H3,(H,9,11). The molecule has 0 saturated heterocycles. The minimum atomic E-state index is -3.12. The first-order valence-electron chi connectivity index (χ1n) is 4.21. The molecule has 6 heteroatoms. The van der Waals surface area contributed by atoms with Crippen molar-refractivity contribution in [3.8, 4) is 0 Å². The van der Waals surface area contributed by atoms with Gasteiger partial charge in [-0.15, -0.1) is 0 Å². The number of nitrogens with one attached hydrogen (secondary N) is 2.